The highest BCUT2D eigenvalue weighted by Gasteiger charge is 2.27. The number of nitrogens with zero attached hydrogens (tertiary/aromatic N) is 4. The van der Waals surface area contributed by atoms with Crippen LogP contribution >= 0.6 is 0 Å². The molecular formula is C19H17FN4O2. The summed E-state index contributed by atoms with van der Waals surface area (Å²) < 4.78 is 20.8. The van der Waals surface area contributed by atoms with Crippen LogP contribution in [0.25, 0.3) is 0 Å². The van der Waals surface area contributed by atoms with Crippen LogP contribution in [-0.4, -0.2) is 27.2 Å². The topological polar surface area (TPSA) is 60.3 Å². The lowest BCUT2D eigenvalue weighted by Crippen LogP contribution is -2.40. The Morgan fingerprint density at radius 1 is 1.19 bits per heavy atom. The maximum absolute atomic E-state index is 13.5. The van der Waals surface area contributed by atoms with Gasteiger partial charge < -0.3 is 9.64 Å². The number of amides is 1. The third-order valence-corrected chi connectivity index (χ3v) is 4.29. The van der Waals surface area contributed by atoms with Crippen LogP contribution in [0.3, 0.4) is 0 Å². The minimum Gasteiger partial charge on any atom is -0.471 e. The number of hydrogen-bond acceptors (Lipinski definition) is 4. The molecule has 0 saturated carbocycles. The first-order valence-corrected chi connectivity index (χ1v) is 8.30. The fourth-order valence-electron chi connectivity index (χ4n) is 2.94. The number of ether oxygens (including phenoxy) is 1. The number of aryl methyl sites for hydroxylation is 1. The van der Waals surface area contributed by atoms with E-state index in [1.165, 1.54) is 6.07 Å². The van der Waals surface area contributed by atoms with Gasteiger partial charge in [-0.05, 0) is 42.8 Å². The largest absolute Gasteiger partial charge is 0.471 e. The molecule has 1 aromatic carbocycles. The zero-order valence-electron chi connectivity index (χ0n) is 14.2. The van der Waals surface area contributed by atoms with Gasteiger partial charge in [-0.15, -0.1) is 0 Å². The van der Waals surface area contributed by atoms with Crippen LogP contribution in [0.4, 0.5) is 10.1 Å². The predicted molar refractivity (Wildman–Crippen MR) is 93.6 cm³/mol. The van der Waals surface area contributed by atoms with Gasteiger partial charge in [0.15, 0.2) is 0 Å². The van der Waals surface area contributed by atoms with Crippen LogP contribution in [0.1, 0.15) is 21.7 Å². The summed E-state index contributed by atoms with van der Waals surface area (Å²) in [7, 11) is 0. The van der Waals surface area contributed by atoms with Gasteiger partial charge in [-0.3, -0.25) is 9.48 Å². The highest BCUT2D eigenvalue weighted by atomic mass is 19.1. The van der Waals surface area contributed by atoms with Crippen LogP contribution in [0.15, 0.2) is 48.7 Å². The van der Waals surface area contributed by atoms with Gasteiger partial charge in [-0.25, -0.2) is 9.37 Å². The molecule has 0 spiro atoms. The second kappa shape index (κ2) is 6.59. The Hall–Kier alpha value is -3.22. The molecule has 0 aliphatic carbocycles. The maximum atomic E-state index is 13.5. The summed E-state index contributed by atoms with van der Waals surface area (Å²) in [6.45, 7) is 2.98. The smallest absolute Gasteiger partial charge is 0.276 e. The van der Waals surface area contributed by atoms with E-state index in [2.05, 4.69) is 10.1 Å². The normalized spacial score (nSPS) is 13.6. The van der Waals surface area contributed by atoms with Crippen molar-refractivity contribution < 1.29 is 13.9 Å². The molecule has 0 radical (unpaired) electrons. The van der Waals surface area contributed by atoms with Crippen LogP contribution in [-0.2, 0) is 13.2 Å². The molecule has 3 heterocycles. The standard InChI is InChI=1S/C19H17FN4O2/c1-13-10-15(5-6-16(13)20)23-8-9-24-17(19(23)25)11-14(22-24)12-26-18-4-2-3-7-21-18/h2-7,10-11H,8-9,12H2,1H3. The van der Waals surface area contributed by atoms with Crippen molar-refractivity contribution in [2.45, 2.75) is 20.1 Å². The molecule has 3 aromatic rings. The number of carbonyl (C=O) groups is 1. The van der Waals surface area contributed by atoms with E-state index in [1.54, 1.807) is 47.0 Å². The van der Waals surface area contributed by atoms with Crippen LogP contribution in [0.5, 0.6) is 5.88 Å². The molecular weight excluding hydrogens is 335 g/mol. The molecule has 132 valence electrons. The SMILES string of the molecule is Cc1cc(N2CCn3nc(COc4ccccn4)cc3C2=O)ccc1F. The van der Waals surface area contributed by atoms with Crippen molar-refractivity contribution in [2.24, 2.45) is 0 Å². The molecule has 0 atom stereocenters. The summed E-state index contributed by atoms with van der Waals surface area (Å²) in [5.74, 6) is 0.0734. The summed E-state index contributed by atoms with van der Waals surface area (Å²) in [5.41, 5.74) is 2.36. The molecule has 2 aromatic heterocycles. The monoisotopic (exact) mass is 352 g/mol. The lowest BCUT2D eigenvalue weighted by Gasteiger charge is -2.27. The average Bonchev–Trinajstić information content (AvgIpc) is 3.08. The molecule has 0 unspecified atom stereocenters. The minimum atomic E-state index is -0.280. The second-order valence-electron chi connectivity index (χ2n) is 6.09. The van der Waals surface area contributed by atoms with Crippen molar-refractivity contribution in [1.29, 1.82) is 0 Å². The summed E-state index contributed by atoms with van der Waals surface area (Å²) in [6, 6.07) is 11.8. The molecule has 7 heteroatoms. The predicted octanol–water partition coefficient (Wildman–Crippen LogP) is 2.97. The quantitative estimate of drug-likeness (QED) is 0.724. The molecule has 4 rings (SSSR count). The van der Waals surface area contributed by atoms with Gasteiger partial charge in [-0.2, -0.15) is 5.10 Å². The van der Waals surface area contributed by atoms with Gasteiger partial charge in [0.1, 0.15) is 23.8 Å². The van der Waals surface area contributed by atoms with Gasteiger partial charge >= 0.3 is 0 Å². The van der Waals surface area contributed by atoms with Gasteiger partial charge in [-0.1, -0.05) is 6.07 Å². The number of aromatic nitrogens is 3. The van der Waals surface area contributed by atoms with Crippen molar-refractivity contribution in [3.8, 4) is 5.88 Å². The Morgan fingerprint density at radius 2 is 2.08 bits per heavy atom. The first kappa shape index (κ1) is 16.3. The van der Waals surface area contributed by atoms with E-state index in [-0.39, 0.29) is 18.3 Å². The Balaban J connectivity index is 1.53. The van der Waals surface area contributed by atoms with Crippen molar-refractivity contribution >= 4 is 11.6 Å². The Labute approximate surface area is 149 Å². The first-order chi connectivity index (χ1) is 12.6. The van der Waals surface area contributed by atoms with Gasteiger partial charge in [0.25, 0.3) is 5.91 Å². The minimum absolute atomic E-state index is 0.154. The molecule has 0 fully saturated rings. The highest BCUT2D eigenvalue weighted by Crippen LogP contribution is 2.24. The molecule has 0 saturated heterocycles. The molecule has 26 heavy (non-hydrogen) atoms. The van der Waals surface area contributed by atoms with E-state index in [1.807, 2.05) is 12.1 Å². The Bertz CT molecular complexity index is 955. The fourth-order valence-corrected chi connectivity index (χ4v) is 2.94. The molecule has 6 nitrogen and oxygen atoms in total. The summed E-state index contributed by atoms with van der Waals surface area (Å²) in [5, 5.41) is 4.43. The number of rotatable bonds is 4. The van der Waals surface area contributed by atoms with E-state index < -0.39 is 0 Å². The fraction of sp³-hybridized carbons (Fsp3) is 0.211. The van der Waals surface area contributed by atoms with E-state index in [0.29, 0.717) is 41.6 Å². The molecule has 0 N–H and O–H groups in total. The molecule has 0 bridgehead atoms. The maximum Gasteiger partial charge on any atom is 0.276 e. The molecule has 1 aliphatic heterocycles. The number of pyridine rings is 1. The van der Waals surface area contributed by atoms with Crippen molar-refractivity contribution in [1.82, 2.24) is 14.8 Å². The van der Waals surface area contributed by atoms with Crippen LogP contribution < -0.4 is 9.64 Å². The number of benzene rings is 1. The number of hydrogen-bond donors (Lipinski definition) is 0. The average molecular weight is 352 g/mol. The number of carbonyl (C=O) groups excluding carboxylic acids is 1. The molecule has 1 amide bonds. The van der Waals surface area contributed by atoms with E-state index in [9.17, 15) is 9.18 Å². The van der Waals surface area contributed by atoms with Crippen molar-refractivity contribution in [2.75, 3.05) is 11.4 Å². The van der Waals surface area contributed by atoms with Crippen molar-refractivity contribution in [3.05, 3.63) is 71.4 Å². The third-order valence-electron chi connectivity index (χ3n) is 4.29. The zero-order valence-corrected chi connectivity index (χ0v) is 14.2. The number of anilines is 1. The van der Waals surface area contributed by atoms with Gasteiger partial charge in [0.2, 0.25) is 5.88 Å². The Morgan fingerprint density at radius 3 is 2.85 bits per heavy atom. The third kappa shape index (κ3) is 3.03. The summed E-state index contributed by atoms with van der Waals surface area (Å²) >= 11 is 0. The number of fused-ring (bicyclic) bond motifs is 1. The van der Waals surface area contributed by atoms with E-state index in [4.69, 9.17) is 4.74 Å². The second-order valence-corrected chi connectivity index (χ2v) is 6.09. The van der Waals surface area contributed by atoms with E-state index >= 15 is 0 Å². The zero-order chi connectivity index (χ0) is 18.1. The highest BCUT2D eigenvalue weighted by molar-refractivity contribution is 6.05. The summed E-state index contributed by atoms with van der Waals surface area (Å²) in [4.78, 5) is 18.6. The lowest BCUT2D eigenvalue weighted by molar-refractivity contribution is 0.0962. The van der Waals surface area contributed by atoms with Gasteiger partial charge in [0, 0.05) is 24.5 Å². The molecule has 1 aliphatic rings. The lowest BCUT2D eigenvalue weighted by atomic mass is 10.1. The van der Waals surface area contributed by atoms with Gasteiger partial charge in [0.05, 0.1) is 6.54 Å². The van der Waals surface area contributed by atoms with Crippen LogP contribution in [0.2, 0.25) is 0 Å². The van der Waals surface area contributed by atoms with E-state index in [0.717, 1.165) is 0 Å². The Kier molecular flexibility index (Phi) is 4.12. The van der Waals surface area contributed by atoms with Crippen LogP contribution in [0, 0.1) is 12.7 Å². The first-order valence-electron chi connectivity index (χ1n) is 8.30. The summed E-state index contributed by atoms with van der Waals surface area (Å²) in [6.07, 6.45) is 1.65. The number of halogens is 1. The van der Waals surface area contributed by atoms with Crippen molar-refractivity contribution in [3.63, 3.8) is 0 Å².